The van der Waals surface area contributed by atoms with Crippen molar-refractivity contribution in [2.75, 3.05) is 17.3 Å². The topological polar surface area (TPSA) is 72.3 Å². The van der Waals surface area contributed by atoms with Crippen LogP contribution in [0.15, 0.2) is 53.3 Å². The van der Waals surface area contributed by atoms with Crippen LogP contribution in [0.1, 0.15) is 22.4 Å². The van der Waals surface area contributed by atoms with Crippen molar-refractivity contribution < 1.29 is 13.2 Å². The van der Waals surface area contributed by atoms with Gasteiger partial charge in [0.15, 0.2) is 15.0 Å². The van der Waals surface area contributed by atoms with Gasteiger partial charge in [-0.1, -0.05) is 35.5 Å². The molecule has 0 radical (unpaired) electrons. The first kappa shape index (κ1) is 22.1. The van der Waals surface area contributed by atoms with Crippen LogP contribution in [0, 0.1) is 13.8 Å². The van der Waals surface area contributed by atoms with Gasteiger partial charge in [-0.3, -0.25) is 9.36 Å². The lowest BCUT2D eigenvalue weighted by Gasteiger charge is -2.28. The van der Waals surface area contributed by atoms with Gasteiger partial charge in [0.05, 0.1) is 29.5 Å². The number of imidazole rings is 1. The highest BCUT2D eigenvalue weighted by atomic mass is 32.2. The van der Waals surface area contributed by atoms with Crippen LogP contribution in [0.3, 0.4) is 0 Å². The molecule has 1 amide bonds. The fourth-order valence-electron chi connectivity index (χ4n) is 3.88. The third-order valence-corrected chi connectivity index (χ3v) is 8.98. The van der Waals surface area contributed by atoms with E-state index in [-0.39, 0.29) is 29.2 Å². The molecule has 1 aliphatic rings. The molecule has 1 aromatic carbocycles. The molecule has 0 saturated carbocycles. The number of amides is 1. The van der Waals surface area contributed by atoms with Crippen molar-refractivity contribution in [2.45, 2.75) is 38.0 Å². The second-order valence-electron chi connectivity index (χ2n) is 7.82. The van der Waals surface area contributed by atoms with E-state index in [4.69, 9.17) is 0 Å². The summed E-state index contributed by atoms with van der Waals surface area (Å²) in [5, 5.41) is 2.72. The van der Waals surface area contributed by atoms with Crippen molar-refractivity contribution >= 4 is 38.8 Å². The third kappa shape index (κ3) is 5.22. The van der Waals surface area contributed by atoms with Gasteiger partial charge < -0.3 is 4.90 Å². The number of carbonyl (C=O) groups excluding carboxylic acids is 1. The first-order valence-electron chi connectivity index (χ1n) is 10.1. The van der Waals surface area contributed by atoms with Gasteiger partial charge in [0, 0.05) is 23.3 Å². The van der Waals surface area contributed by atoms with E-state index in [2.05, 4.69) is 37.0 Å². The van der Waals surface area contributed by atoms with Crippen molar-refractivity contribution in [1.82, 2.24) is 14.5 Å². The Morgan fingerprint density at radius 2 is 2.16 bits per heavy atom. The summed E-state index contributed by atoms with van der Waals surface area (Å²) < 4.78 is 26.0. The highest BCUT2D eigenvalue weighted by molar-refractivity contribution is 7.99. The fourth-order valence-corrected chi connectivity index (χ4v) is 7.16. The average molecular weight is 476 g/mol. The number of aryl methyl sites for hydroxylation is 2. The first-order valence-corrected chi connectivity index (χ1v) is 13.8. The molecule has 0 bridgehead atoms. The molecule has 1 saturated heterocycles. The summed E-state index contributed by atoms with van der Waals surface area (Å²) >= 11 is 2.96. The van der Waals surface area contributed by atoms with Gasteiger partial charge in [-0.05, 0) is 43.3 Å². The zero-order valence-electron chi connectivity index (χ0n) is 17.5. The summed E-state index contributed by atoms with van der Waals surface area (Å²) in [5.74, 6) is 0.349. The Hall–Kier alpha value is -2.10. The molecule has 3 heterocycles. The number of carbonyl (C=O) groups is 1. The lowest BCUT2D eigenvalue weighted by molar-refractivity contribution is -0.130. The molecule has 31 heavy (non-hydrogen) atoms. The maximum atomic E-state index is 13.2. The second kappa shape index (κ2) is 9.18. The molecule has 164 valence electrons. The predicted octanol–water partition coefficient (Wildman–Crippen LogP) is 3.86. The Labute approximate surface area is 191 Å². The number of benzene rings is 1. The van der Waals surface area contributed by atoms with Crippen LogP contribution < -0.4 is 0 Å². The van der Waals surface area contributed by atoms with Gasteiger partial charge in [0.1, 0.15) is 0 Å². The Balaban J connectivity index is 1.50. The Bertz CT molecular complexity index is 1170. The molecule has 9 heteroatoms. The molecule has 0 spiro atoms. The smallest absolute Gasteiger partial charge is 0.233 e. The molecule has 3 aromatic rings. The van der Waals surface area contributed by atoms with Gasteiger partial charge in [-0.2, -0.15) is 0 Å². The summed E-state index contributed by atoms with van der Waals surface area (Å²) in [7, 11) is -3.08. The number of rotatable bonds is 7. The standard InChI is InChI=1S/C22H25N3O3S3/c1-16-5-6-20(17(2)12-16)24-9-8-23-22(24)30-14-21(26)25(13-19-4-3-10-29-19)18-7-11-31(27,28)15-18/h3-6,8-10,12,18H,7,11,13-15H2,1-2H3. The van der Waals surface area contributed by atoms with Crippen molar-refractivity contribution in [1.29, 1.82) is 0 Å². The zero-order valence-corrected chi connectivity index (χ0v) is 20.0. The van der Waals surface area contributed by atoms with Crippen molar-refractivity contribution in [3.05, 3.63) is 64.1 Å². The van der Waals surface area contributed by atoms with E-state index in [0.29, 0.717) is 13.0 Å². The molecule has 0 aliphatic carbocycles. The van der Waals surface area contributed by atoms with Crippen molar-refractivity contribution in [3.8, 4) is 5.69 Å². The summed E-state index contributed by atoms with van der Waals surface area (Å²) in [6, 6.07) is 9.91. The Kier molecular flexibility index (Phi) is 6.55. The number of hydrogen-bond acceptors (Lipinski definition) is 6. The number of nitrogens with zero attached hydrogens (tertiary/aromatic N) is 3. The molecule has 0 N–H and O–H groups in total. The molecule has 1 aliphatic heterocycles. The molecule has 1 fully saturated rings. The van der Waals surface area contributed by atoms with Gasteiger partial charge in [0.25, 0.3) is 0 Å². The van der Waals surface area contributed by atoms with Crippen LogP contribution in [0.4, 0.5) is 0 Å². The Morgan fingerprint density at radius 1 is 1.32 bits per heavy atom. The summed E-state index contributed by atoms with van der Waals surface area (Å²) in [5.41, 5.74) is 3.37. The van der Waals surface area contributed by atoms with Gasteiger partial charge in [-0.25, -0.2) is 13.4 Å². The highest BCUT2D eigenvalue weighted by Crippen LogP contribution is 2.26. The normalized spacial score (nSPS) is 17.7. The number of thioether (sulfide) groups is 1. The monoisotopic (exact) mass is 475 g/mol. The van der Waals surface area contributed by atoms with E-state index < -0.39 is 9.84 Å². The van der Waals surface area contributed by atoms with Gasteiger partial charge in [0.2, 0.25) is 5.91 Å². The number of thiophene rings is 1. The number of sulfone groups is 1. The molecule has 1 unspecified atom stereocenters. The largest absolute Gasteiger partial charge is 0.333 e. The maximum absolute atomic E-state index is 13.2. The summed E-state index contributed by atoms with van der Waals surface area (Å²) in [6.45, 7) is 4.57. The quantitative estimate of drug-likeness (QED) is 0.485. The molecular formula is C22H25N3O3S3. The minimum atomic E-state index is -3.08. The lowest BCUT2D eigenvalue weighted by Crippen LogP contribution is -2.41. The summed E-state index contributed by atoms with van der Waals surface area (Å²) in [4.78, 5) is 20.4. The van der Waals surface area contributed by atoms with Crippen LogP contribution in [-0.2, 0) is 21.2 Å². The third-order valence-electron chi connectivity index (χ3n) is 5.42. The van der Waals surface area contributed by atoms with Crippen molar-refractivity contribution in [3.63, 3.8) is 0 Å². The van der Waals surface area contributed by atoms with E-state index in [1.165, 1.54) is 17.3 Å². The van der Waals surface area contributed by atoms with Crippen LogP contribution in [0.5, 0.6) is 0 Å². The average Bonchev–Trinajstić information content (AvgIpc) is 3.45. The fraction of sp³-hybridized carbons (Fsp3) is 0.364. The number of hydrogen-bond donors (Lipinski definition) is 0. The Morgan fingerprint density at radius 3 is 2.84 bits per heavy atom. The van der Waals surface area contributed by atoms with E-state index >= 15 is 0 Å². The zero-order chi connectivity index (χ0) is 22.0. The van der Waals surface area contributed by atoms with E-state index in [1.54, 1.807) is 22.4 Å². The molecule has 1 atom stereocenters. The minimum absolute atomic E-state index is 0.0476. The van der Waals surface area contributed by atoms with Gasteiger partial charge >= 0.3 is 0 Å². The maximum Gasteiger partial charge on any atom is 0.233 e. The van der Waals surface area contributed by atoms with Crippen molar-refractivity contribution in [2.24, 2.45) is 0 Å². The second-order valence-corrected chi connectivity index (χ2v) is 12.0. The van der Waals surface area contributed by atoms with E-state index in [9.17, 15) is 13.2 Å². The predicted molar refractivity (Wildman–Crippen MR) is 126 cm³/mol. The van der Waals surface area contributed by atoms with E-state index in [0.717, 1.165) is 21.3 Å². The van der Waals surface area contributed by atoms with Crippen LogP contribution >= 0.6 is 23.1 Å². The molecule has 4 rings (SSSR count). The van der Waals surface area contributed by atoms with Crippen LogP contribution in [-0.4, -0.2) is 52.1 Å². The first-order chi connectivity index (χ1) is 14.8. The molecule has 2 aromatic heterocycles. The summed E-state index contributed by atoms with van der Waals surface area (Å²) in [6.07, 6.45) is 4.14. The van der Waals surface area contributed by atoms with Crippen LogP contribution in [0.25, 0.3) is 5.69 Å². The minimum Gasteiger partial charge on any atom is -0.333 e. The highest BCUT2D eigenvalue weighted by Gasteiger charge is 2.34. The SMILES string of the molecule is Cc1ccc(-n2ccnc2SCC(=O)N(Cc2cccs2)C2CCS(=O)(=O)C2)c(C)c1. The number of aromatic nitrogens is 2. The van der Waals surface area contributed by atoms with E-state index in [1.807, 2.05) is 28.3 Å². The van der Waals surface area contributed by atoms with Crippen LogP contribution in [0.2, 0.25) is 0 Å². The van der Waals surface area contributed by atoms with Gasteiger partial charge in [-0.15, -0.1) is 11.3 Å². The molecular weight excluding hydrogens is 450 g/mol. The lowest BCUT2D eigenvalue weighted by atomic mass is 10.1. The molecule has 6 nitrogen and oxygen atoms in total.